The van der Waals surface area contributed by atoms with Gasteiger partial charge < -0.3 is 0 Å². The Morgan fingerprint density at radius 1 is 1.88 bits per heavy atom. The summed E-state index contributed by atoms with van der Waals surface area (Å²) in [6.45, 7) is 0. The van der Waals surface area contributed by atoms with Gasteiger partial charge in [0.05, 0.1) is 0 Å². The molecule has 0 saturated heterocycles. The zero-order chi connectivity index (χ0) is 6.41. The zero-order valence-corrected chi connectivity index (χ0v) is 5.84. The predicted octanol–water partition coefficient (Wildman–Crippen LogP) is 0.0647. The van der Waals surface area contributed by atoms with Gasteiger partial charge in [0.1, 0.15) is 0 Å². The van der Waals surface area contributed by atoms with Gasteiger partial charge in [-0.1, -0.05) is 0 Å². The van der Waals surface area contributed by atoms with E-state index >= 15 is 0 Å². The first-order valence-electron chi connectivity index (χ1n) is 2.00. The third-order valence-corrected chi connectivity index (χ3v) is 1.61. The van der Waals surface area contributed by atoms with Gasteiger partial charge in [0.2, 0.25) is 0 Å². The molecule has 0 aromatic carbocycles. The fourth-order valence-electron chi connectivity index (χ4n) is 0.184. The number of rotatable bonds is 3. The molecule has 0 unspecified atom stereocenters. The van der Waals surface area contributed by atoms with E-state index in [0.717, 1.165) is 0 Å². The standard InChI is InChI=1S/C4H5NO2Se/c5-3-8-2-1-4(6)7/h1-2H2,(H,6,7). The number of nitriles is 1. The first-order valence-corrected chi connectivity index (χ1v) is 4.07. The maximum atomic E-state index is 9.77. The van der Waals surface area contributed by atoms with Crippen molar-refractivity contribution in [3.8, 4) is 4.97 Å². The predicted molar refractivity (Wildman–Crippen MR) is 28.4 cm³/mol. The van der Waals surface area contributed by atoms with Crippen molar-refractivity contribution in [1.82, 2.24) is 0 Å². The minimum absolute atomic E-state index is 0.127. The Kier molecular flexibility index (Phi) is 4.33. The number of carbonyl (C=O) groups is 1. The molecule has 0 aromatic heterocycles. The van der Waals surface area contributed by atoms with Crippen molar-refractivity contribution in [3.05, 3.63) is 0 Å². The molecule has 0 aliphatic carbocycles. The Morgan fingerprint density at radius 2 is 2.50 bits per heavy atom. The quantitative estimate of drug-likeness (QED) is 0.491. The Morgan fingerprint density at radius 3 is 2.88 bits per heavy atom. The van der Waals surface area contributed by atoms with Crippen LogP contribution in [0.3, 0.4) is 0 Å². The van der Waals surface area contributed by atoms with Crippen molar-refractivity contribution in [1.29, 1.82) is 5.26 Å². The molecule has 0 aliphatic heterocycles. The van der Waals surface area contributed by atoms with Gasteiger partial charge in [-0.2, -0.15) is 0 Å². The van der Waals surface area contributed by atoms with Crippen LogP contribution in [0.5, 0.6) is 0 Å². The summed E-state index contributed by atoms with van der Waals surface area (Å²) >= 11 is -0.127. The van der Waals surface area contributed by atoms with Gasteiger partial charge in [-0.3, -0.25) is 0 Å². The van der Waals surface area contributed by atoms with E-state index in [0.29, 0.717) is 5.32 Å². The second-order valence-electron chi connectivity index (χ2n) is 1.08. The topological polar surface area (TPSA) is 61.1 Å². The van der Waals surface area contributed by atoms with Crippen LogP contribution in [0.25, 0.3) is 0 Å². The Bertz CT molecular complexity index is 118. The van der Waals surface area contributed by atoms with E-state index < -0.39 is 5.97 Å². The molecule has 0 heterocycles. The zero-order valence-electron chi connectivity index (χ0n) is 4.13. The molecule has 0 aromatic rings. The molecule has 44 valence electrons. The number of hydrogen-bond acceptors (Lipinski definition) is 2. The number of aliphatic carboxylic acids is 1. The number of nitrogens with zero attached hydrogens (tertiary/aromatic N) is 1. The average molecular weight is 178 g/mol. The summed E-state index contributed by atoms with van der Waals surface area (Å²) in [5.41, 5.74) is 0. The molecule has 0 radical (unpaired) electrons. The van der Waals surface area contributed by atoms with Gasteiger partial charge in [-0.15, -0.1) is 0 Å². The van der Waals surface area contributed by atoms with Gasteiger partial charge in [0, 0.05) is 0 Å². The molecular formula is C4H5NO2Se. The molecule has 0 spiro atoms. The fraction of sp³-hybridized carbons (Fsp3) is 0.500. The number of carboxylic acid groups (broad SMARTS) is 1. The van der Waals surface area contributed by atoms with Crippen LogP contribution in [-0.4, -0.2) is 26.0 Å². The molecule has 0 saturated carbocycles. The van der Waals surface area contributed by atoms with Crippen LogP contribution in [0.2, 0.25) is 5.32 Å². The van der Waals surface area contributed by atoms with E-state index in [1.165, 1.54) is 0 Å². The van der Waals surface area contributed by atoms with Crippen LogP contribution in [0.1, 0.15) is 6.42 Å². The summed E-state index contributed by atoms with van der Waals surface area (Å²) in [4.78, 5) is 11.7. The molecule has 4 heteroatoms. The normalized spacial score (nSPS) is 7.88. The summed E-state index contributed by atoms with van der Waals surface area (Å²) in [6, 6.07) is 0. The van der Waals surface area contributed by atoms with Crippen LogP contribution in [0, 0.1) is 10.2 Å². The van der Waals surface area contributed by atoms with E-state index in [9.17, 15) is 4.79 Å². The summed E-state index contributed by atoms with van der Waals surface area (Å²) in [5.74, 6) is -0.817. The van der Waals surface area contributed by atoms with Crippen molar-refractivity contribution in [2.75, 3.05) is 0 Å². The van der Waals surface area contributed by atoms with E-state index in [4.69, 9.17) is 10.4 Å². The third-order valence-electron chi connectivity index (χ3n) is 0.483. The van der Waals surface area contributed by atoms with Crippen molar-refractivity contribution < 1.29 is 9.90 Å². The van der Waals surface area contributed by atoms with Crippen LogP contribution >= 0.6 is 0 Å². The molecule has 0 fully saturated rings. The van der Waals surface area contributed by atoms with Crippen LogP contribution < -0.4 is 0 Å². The van der Waals surface area contributed by atoms with Crippen LogP contribution in [0.15, 0.2) is 0 Å². The molecule has 3 nitrogen and oxygen atoms in total. The van der Waals surface area contributed by atoms with Crippen molar-refractivity contribution in [2.45, 2.75) is 11.7 Å². The first kappa shape index (κ1) is 7.48. The molecule has 0 amide bonds. The second kappa shape index (κ2) is 4.63. The summed E-state index contributed by atoms with van der Waals surface area (Å²) in [5, 5.41) is 16.5. The van der Waals surface area contributed by atoms with Crippen molar-refractivity contribution in [2.24, 2.45) is 0 Å². The SMILES string of the molecule is N#C[Se]CCC(=O)O. The van der Waals surface area contributed by atoms with Crippen molar-refractivity contribution >= 4 is 20.9 Å². The summed E-state index contributed by atoms with van der Waals surface area (Å²) < 4.78 is 0. The molecule has 0 aliphatic rings. The molecular weight excluding hydrogens is 173 g/mol. The Labute approximate surface area is 53.5 Å². The third kappa shape index (κ3) is 5.48. The van der Waals surface area contributed by atoms with Gasteiger partial charge in [0.15, 0.2) is 0 Å². The van der Waals surface area contributed by atoms with E-state index in [1.807, 2.05) is 4.97 Å². The molecule has 1 N–H and O–H groups in total. The molecule has 8 heavy (non-hydrogen) atoms. The molecule has 0 atom stereocenters. The van der Waals surface area contributed by atoms with Gasteiger partial charge in [-0.05, 0) is 0 Å². The first-order chi connectivity index (χ1) is 3.77. The van der Waals surface area contributed by atoms with Gasteiger partial charge in [-0.25, -0.2) is 0 Å². The Hall–Kier alpha value is -0.521. The summed E-state index contributed by atoms with van der Waals surface area (Å²) in [7, 11) is 0. The van der Waals surface area contributed by atoms with Crippen LogP contribution in [0.4, 0.5) is 0 Å². The van der Waals surface area contributed by atoms with E-state index in [2.05, 4.69) is 0 Å². The maximum absolute atomic E-state index is 9.77. The van der Waals surface area contributed by atoms with Crippen molar-refractivity contribution in [3.63, 3.8) is 0 Å². The fourth-order valence-corrected chi connectivity index (χ4v) is 0.956. The minimum atomic E-state index is -0.817. The monoisotopic (exact) mass is 179 g/mol. The van der Waals surface area contributed by atoms with Gasteiger partial charge in [0.25, 0.3) is 0 Å². The van der Waals surface area contributed by atoms with E-state index in [1.54, 1.807) is 0 Å². The van der Waals surface area contributed by atoms with Crippen LogP contribution in [-0.2, 0) is 4.79 Å². The number of hydrogen-bond donors (Lipinski definition) is 1. The summed E-state index contributed by atoms with van der Waals surface area (Å²) in [6.07, 6.45) is 0.132. The second-order valence-corrected chi connectivity index (χ2v) is 2.93. The Balaban J connectivity index is 2.97. The molecule has 0 rings (SSSR count). The van der Waals surface area contributed by atoms with Gasteiger partial charge >= 0.3 is 52.8 Å². The molecule has 0 bridgehead atoms. The number of carboxylic acids is 1. The van der Waals surface area contributed by atoms with E-state index in [-0.39, 0.29) is 21.4 Å². The average Bonchev–Trinajstić information content (AvgIpc) is 1.66.